The molecule has 0 amide bonds. The first-order valence-electron chi connectivity index (χ1n) is 3.74. The van der Waals surface area contributed by atoms with E-state index >= 15 is 0 Å². The van der Waals surface area contributed by atoms with Gasteiger partial charge in [0, 0.05) is 0 Å². The highest BCUT2D eigenvalue weighted by atomic mass is 35.5. The summed E-state index contributed by atoms with van der Waals surface area (Å²) in [5.41, 5.74) is 0.162. The van der Waals surface area contributed by atoms with Gasteiger partial charge in [0.15, 0.2) is 6.61 Å². The van der Waals surface area contributed by atoms with Crippen LogP contribution in [-0.2, 0) is 9.53 Å². The maximum Gasteiger partial charge on any atom is 0.341 e. The largest absolute Gasteiger partial charge is 0.479 e. The lowest BCUT2D eigenvalue weighted by molar-refractivity contribution is -0.140. The standard InChI is InChI=1S/C9H7ClO4/c10-7-4-2-1-3-6(7)9(13)14-5-8(11)12/h1-4H,5H2,(H,11,12). The van der Waals surface area contributed by atoms with Crippen LogP contribution in [0.2, 0.25) is 5.02 Å². The summed E-state index contributed by atoms with van der Waals surface area (Å²) in [6.07, 6.45) is 0. The Bertz CT molecular complexity index is 362. The predicted molar refractivity (Wildman–Crippen MR) is 49.4 cm³/mol. The zero-order valence-corrected chi connectivity index (χ0v) is 7.82. The molecule has 0 spiro atoms. The number of carboxylic acids is 1. The van der Waals surface area contributed by atoms with Gasteiger partial charge >= 0.3 is 11.9 Å². The molecule has 0 fully saturated rings. The number of hydrogen-bond donors (Lipinski definition) is 1. The lowest BCUT2D eigenvalue weighted by Crippen LogP contribution is -2.13. The molecule has 0 aliphatic carbocycles. The summed E-state index contributed by atoms with van der Waals surface area (Å²) in [7, 11) is 0. The average Bonchev–Trinajstić information content (AvgIpc) is 2.15. The maximum atomic E-state index is 11.2. The van der Waals surface area contributed by atoms with E-state index in [0.29, 0.717) is 0 Å². The Balaban J connectivity index is 2.70. The third kappa shape index (κ3) is 2.74. The van der Waals surface area contributed by atoms with Crippen LogP contribution in [0.5, 0.6) is 0 Å². The van der Waals surface area contributed by atoms with E-state index in [1.807, 2.05) is 0 Å². The summed E-state index contributed by atoms with van der Waals surface area (Å²) in [6, 6.07) is 6.27. The fourth-order valence-corrected chi connectivity index (χ4v) is 1.04. The summed E-state index contributed by atoms with van der Waals surface area (Å²) >= 11 is 5.69. The minimum absolute atomic E-state index is 0.162. The Labute approximate surface area is 85.1 Å². The molecule has 1 aromatic carbocycles. The van der Waals surface area contributed by atoms with Crippen LogP contribution in [0.3, 0.4) is 0 Å². The zero-order valence-electron chi connectivity index (χ0n) is 7.07. The van der Waals surface area contributed by atoms with E-state index in [9.17, 15) is 9.59 Å². The summed E-state index contributed by atoms with van der Waals surface area (Å²) in [4.78, 5) is 21.3. The highest BCUT2D eigenvalue weighted by Gasteiger charge is 2.11. The van der Waals surface area contributed by atoms with Gasteiger partial charge in [0.2, 0.25) is 0 Å². The molecule has 14 heavy (non-hydrogen) atoms. The molecule has 0 heterocycles. The van der Waals surface area contributed by atoms with Gasteiger partial charge in [-0.25, -0.2) is 9.59 Å². The summed E-state index contributed by atoms with van der Waals surface area (Å²) < 4.78 is 4.45. The maximum absolute atomic E-state index is 11.2. The number of halogens is 1. The predicted octanol–water partition coefficient (Wildman–Crippen LogP) is 1.58. The topological polar surface area (TPSA) is 63.6 Å². The van der Waals surface area contributed by atoms with E-state index in [-0.39, 0.29) is 10.6 Å². The van der Waals surface area contributed by atoms with Gasteiger partial charge in [-0.1, -0.05) is 23.7 Å². The van der Waals surface area contributed by atoms with Crippen LogP contribution in [0, 0.1) is 0 Å². The number of benzene rings is 1. The molecule has 1 rings (SSSR count). The van der Waals surface area contributed by atoms with E-state index in [0.717, 1.165) is 0 Å². The quantitative estimate of drug-likeness (QED) is 0.776. The SMILES string of the molecule is O=C(O)COC(=O)c1ccccc1Cl. The molecule has 0 radical (unpaired) electrons. The van der Waals surface area contributed by atoms with Crippen LogP contribution in [0.4, 0.5) is 0 Å². The van der Waals surface area contributed by atoms with Gasteiger partial charge in [-0.15, -0.1) is 0 Å². The van der Waals surface area contributed by atoms with Crippen molar-refractivity contribution in [1.29, 1.82) is 0 Å². The number of carbonyl (C=O) groups excluding carboxylic acids is 1. The average molecular weight is 215 g/mol. The molecule has 1 N–H and O–H groups in total. The normalized spacial score (nSPS) is 9.50. The third-order valence-corrected chi connectivity index (χ3v) is 1.75. The molecule has 0 atom stereocenters. The number of hydrogen-bond acceptors (Lipinski definition) is 3. The minimum Gasteiger partial charge on any atom is -0.479 e. The van der Waals surface area contributed by atoms with Gasteiger partial charge in [0.1, 0.15) is 0 Å². The first-order valence-corrected chi connectivity index (χ1v) is 4.12. The van der Waals surface area contributed by atoms with Crippen LogP contribution in [0.15, 0.2) is 24.3 Å². The molecule has 0 aromatic heterocycles. The van der Waals surface area contributed by atoms with Crippen molar-refractivity contribution in [2.45, 2.75) is 0 Å². The van der Waals surface area contributed by atoms with E-state index in [4.69, 9.17) is 16.7 Å². The van der Waals surface area contributed by atoms with Gasteiger partial charge < -0.3 is 9.84 Å². The Morgan fingerprint density at radius 3 is 2.57 bits per heavy atom. The molecular weight excluding hydrogens is 208 g/mol. The van der Waals surface area contributed by atoms with Crippen LogP contribution >= 0.6 is 11.6 Å². The van der Waals surface area contributed by atoms with Crippen molar-refractivity contribution in [3.8, 4) is 0 Å². The van der Waals surface area contributed by atoms with E-state index in [2.05, 4.69) is 4.74 Å². The van der Waals surface area contributed by atoms with E-state index < -0.39 is 18.5 Å². The van der Waals surface area contributed by atoms with Crippen molar-refractivity contribution in [1.82, 2.24) is 0 Å². The minimum atomic E-state index is -1.20. The van der Waals surface area contributed by atoms with Crippen molar-refractivity contribution in [3.63, 3.8) is 0 Å². The Hall–Kier alpha value is -1.55. The molecule has 0 saturated carbocycles. The van der Waals surface area contributed by atoms with Gasteiger partial charge in [0.25, 0.3) is 0 Å². The van der Waals surface area contributed by atoms with Crippen LogP contribution in [0.25, 0.3) is 0 Å². The smallest absolute Gasteiger partial charge is 0.341 e. The molecule has 4 nitrogen and oxygen atoms in total. The van der Waals surface area contributed by atoms with Gasteiger partial charge in [-0.2, -0.15) is 0 Å². The van der Waals surface area contributed by atoms with Crippen molar-refractivity contribution in [2.24, 2.45) is 0 Å². The lowest BCUT2D eigenvalue weighted by Gasteiger charge is -2.02. The molecule has 0 unspecified atom stereocenters. The summed E-state index contributed by atoms with van der Waals surface area (Å²) in [5, 5.41) is 8.51. The second kappa shape index (κ2) is 4.62. The summed E-state index contributed by atoms with van der Waals surface area (Å²) in [5.74, 6) is -1.94. The van der Waals surface area contributed by atoms with Gasteiger partial charge in [-0.05, 0) is 12.1 Å². The second-order valence-corrected chi connectivity index (χ2v) is 2.86. The molecular formula is C9H7ClO4. The van der Waals surface area contributed by atoms with Gasteiger partial charge in [0.05, 0.1) is 10.6 Å². The Morgan fingerprint density at radius 1 is 1.36 bits per heavy atom. The highest BCUT2D eigenvalue weighted by molar-refractivity contribution is 6.33. The monoisotopic (exact) mass is 214 g/mol. The second-order valence-electron chi connectivity index (χ2n) is 2.45. The van der Waals surface area contributed by atoms with E-state index in [1.165, 1.54) is 12.1 Å². The summed E-state index contributed by atoms with van der Waals surface area (Å²) in [6.45, 7) is -0.663. The Morgan fingerprint density at radius 2 is 2.00 bits per heavy atom. The van der Waals surface area contributed by atoms with Crippen molar-refractivity contribution < 1.29 is 19.4 Å². The number of carbonyl (C=O) groups is 2. The number of carboxylic acid groups (broad SMARTS) is 1. The van der Waals surface area contributed by atoms with Crippen molar-refractivity contribution >= 4 is 23.5 Å². The number of rotatable bonds is 3. The fourth-order valence-electron chi connectivity index (χ4n) is 0.832. The molecule has 0 saturated heterocycles. The van der Waals surface area contributed by atoms with Crippen molar-refractivity contribution in [3.05, 3.63) is 34.9 Å². The Kier molecular flexibility index (Phi) is 3.48. The van der Waals surface area contributed by atoms with Crippen LogP contribution < -0.4 is 0 Å². The first-order chi connectivity index (χ1) is 6.61. The molecule has 1 aromatic rings. The van der Waals surface area contributed by atoms with E-state index in [1.54, 1.807) is 12.1 Å². The van der Waals surface area contributed by atoms with Gasteiger partial charge in [-0.3, -0.25) is 0 Å². The number of aliphatic carboxylic acids is 1. The third-order valence-electron chi connectivity index (χ3n) is 1.42. The van der Waals surface area contributed by atoms with Crippen molar-refractivity contribution in [2.75, 3.05) is 6.61 Å². The lowest BCUT2D eigenvalue weighted by atomic mass is 10.2. The molecule has 0 aliphatic rings. The first kappa shape index (κ1) is 10.5. The number of ether oxygens (including phenoxy) is 1. The fraction of sp³-hybridized carbons (Fsp3) is 0.111. The highest BCUT2D eigenvalue weighted by Crippen LogP contribution is 2.15. The molecule has 5 heteroatoms. The molecule has 0 bridgehead atoms. The number of esters is 1. The zero-order chi connectivity index (χ0) is 10.6. The molecule has 74 valence electrons. The van der Waals surface area contributed by atoms with Crippen LogP contribution in [0.1, 0.15) is 10.4 Å². The van der Waals surface area contributed by atoms with Crippen LogP contribution in [-0.4, -0.2) is 23.7 Å². The molecule has 0 aliphatic heterocycles.